The van der Waals surface area contributed by atoms with Crippen LogP contribution in [0.2, 0.25) is 0 Å². The van der Waals surface area contributed by atoms with E-state index >= 15 is 0 Å². The quantitative estimate of drug-likeness (QED) is 0.401. The lowest BCUT2D eigenvalue weighted by Gasteiger charge is -2.26. The highest BCUT2D eigenvalue weighted by atomic mass is 32.2. The number of nitrogens with one attached hydrogen (secondary N) is 1. The molecular weight excluding hydrogens is 384 g/mol. The topological polar surface area (TPSA) is 115 Å². The molecule has 2 heterocycles. The highest BCUT2D eigenvalue weighted by Crippen LogP contribution is 2.20. The second-order valence-electron chi connectivity index (χ2n) is 6.17. The van der Waals surface area contributed by atoms with Crippen molar-refractivity contribution in [2.45, 2.75) is 25.2 Å². The zero-order chi connectivity index (χ0) is 19.9. The minimum atomic E-state index is -0.479. The van der Waals surface area contributed by atoms with Gasteiger partial charge in [-0.25, -0.2) is 0 Å². The molecule has 0 radical (unpaired) electrons. The van der Waals surface area contributed by atoms with Gasteiger partial charge in [0.05, 0.1) is 30.4 Å². The van der Waals surface area contributed by atoms with Gasteiger partial charge in [0.1, 0.15) is 5.82 Å². The molecular formula is C17H22N6O4S. The van der Waals surface area contributed by atoms with Crippen LogP contribution in [0.5, 0.6) is 0 Å². The Bertz CT molecular complexity index is 820. The molecule has 28 heavy (non-hydrogen) atoms. The molecule has 1 amide bonds. The predicted octanol–water partition coefficient (Wildman–Crippen LogP) is 1.77. The molecule has 1 fully saturated rings. The molecule has 1 aliphatic heterocycles. The first-order valence-electron chi connectivity index (χ1n) is 8.96. The first-order chi connectivity index (χ1) is 13.6. The standard InChI is InChI=1S/C17H22N6O4S/c1-2-22-15(11-21-7-9-27-10-8-21)19-20-17(22)28-12-16(24)18-13-3-5-14(6-4-13)23(25)26/h3-6H,2,7-12H2,1H3,(H,18,24). The number of carbonyl (C=O) groups is 1. The summed E-state index contributed by atoms with van der Waals surface area (Å²) in [5, 5.41) is 22.6. The normalized spacial score (nSPS) is 14.8. The Morgan fingerprint density at radius 3 is 2.64 bits per heavy atom. The molecule has 0 spiro atoms. The van der Waals surface area contributed by atoms with Gasteiger partial charge in [-0.15, -0.1) is 10.2 Å². The van der Waals surface area contributed by atoms with Crippen molar-refractivity contribution in [1.82, 2.24) is 19.7 Å². The minimum absolute atomic E-state index is 0.0174. The maximum Gasteiger partial charge on any atom is 0.269 e. The lowest BCUT2D eigenvalue weighted by Crippen LogP contribution is -2.36. The molecule has 11 heteroatoms. The van der Waals surface area contributed by atoms with Crippen molar-refractivity contribution in [1.29, 1.82) is 0 Å². The molecule has 0 bridgehead atoms. The zero-order valence-electron chi connectivity index (χ0n) is 15.5. The number of nitrogens with zero attached hydrogens (tertiary/aromatic N) is 5. The van der Waals surface area contributed by atoms with E-state index in [4.69, 9.17) is 4.74 Å². The number of anilines is 1. The zero-order valence-corrected chi connectivity index (χ0v) is 16.4. The predicted molar refractivity (Wildman–Crippen MR) is 104 cm³/mol. The van der Waals surface area contributed by atoms with Crippen LogP contribution in [0.15, 0.2) is 29.4 Å². The summed E-state index contributed by atoms with van der Waals surface area (Å²) in [6.45, 7) is 6.65. The number of nitro benzene ring substituents is 1. The number of hydrogen-bond donors (Lipinski definition) is 1. The number of thioether (sulfide) groups is 1. The van der Waals surface area contributed by atoms with Gasteiger partial charge < -0.3 is 14.6 Å². The van der Waals surface area contributed by atoms with E-state index in [0.717, 1.165) is 38.7 Å². The number of hydrogen-bond acceptors (Lipinski definition) is 8. The molecule has 150 valence electrons. The largest absolute Gasteiger partial charge is 0.379 e. The number of non-ortho nitro benzene ring substituents is 1. The molecule has 0 atom stereocenters. The van der Waals surface area contributed by atoms with E-state index < -0.39 is 4.92 Å². The lowest BCUT2D eigenvalue weighted by atomic mass is 10.3. The smallest absolute Gasteiger partial charge is 0.269 e. The van der Waals surface area contributed by atoms with Gasteiger partial charge in [-0.3, -0.25) is 19.8 Å². The van der Waals surface area contributed by atoms with Gasteiger partial charge in [0.2, 0.25) is 5.91 Å². The first-order valence-corrected chi connectivity index (χ1v) is 9.94. The molecule has 10 nitrogen and oxygen atoms in total. The van der Waals surface area contributed by atoms with Crippen molar-refractivity contribution in [2.24, 2.45) is 0 Å². The van der Waals surface area contributed by atoms with Crippen LogP contribution in [0, 0.1) is 10.1 Å². The number of ether oxygens (including phenoxy) is 1. The second-order valence-corrected chi connectivity index (χ2v) is 7.11. The van der Waals surface area contributed by atoms with Crippen LogP contribution in [-0.2, 0) is 22.6 Å². The molecule has 0 unspecified atom stereocenters. The average molecular weight is 406 g/mol. The highest BCUT2D eigenvalue weighted by Gasteiger charge is 2.17. The summed E-state index contributed by atoms with van der Waals surface area (Å²) < 4.78 is 7.38. The van der Waals surface area contributed by atoms with E-state index in [1.165, 1.54) is 36.0 Å². The Balaban J connectivity index is 1.54. The third kappa shape index (κ3) is 5.27. The first kappa shape index (κ1) is 20.2. The van der Waals surface area contributed by atoms with Crippen molar-refractivity contribution in [2.75, 3.05) is 37.4 Å². The number of aromatic nitrogens is 3. The highest BCUT2D eigenvalue weighted by molar-refractivity contribution is 7.99. The molecule has 3 rings (SSSR count). The monoisotopic (exact) mass is 406 g/mol. The molecule has 0 aliphatic carbocycles. The summed E-state index contributed by atoms with van der Waals surface area (Å²) in [5.41, 5.74) is 0.498. The SMILES string of the molecule is CCn1c(CN2CCOCC2)nnc1SCC(=O)Nc1ccc([N+](=O)[O-])cc1. The van der Waals surface area contributed by atoms with Crippen LogP contribution in [0.25, 0.3) is 0 Å². The molecule has 2 aromatic rings. The van der Waals surface area contributed by atoms with Crippen LogP contribution < -0.4 is 5.32 Å². The van der Waals surface area contributed by atoms with E-state index in [1.54, 1.807) is 0 Å². The van der Waals surface area contributed by atoms with Crippen LogP contribution >= 0.6 is 11.8 Å². The van der Waals surface area contributed by atoms with E-state index in [9.17, 15) is 14.9 Å². The van der Waals surface area contributed by atoms with Crippen molar-refractivity contribution in [3.63, 3.8) is 0 Å². The summed E-state index contributed by atoms with van der Waals surface area (Å²) in [6, 6.07) is 5.73. The molecule has 1 saturated heterocycles. The van der Waals surface area contributed by atoms with Crippen molar-refractivity contribution in [3.05, 3.63) is 40.2 Å². The maximum absolute atomic E-state index is 12.2. The Morgan fingerprint density at radius 2 is 2.00 bits per heavy atom. The number of benzene rings is 1. The number of carbonyl (C=O) groups excluding carboxylic acids is 1. The van der Waals surface area contributed by atoms with Crippen LogP contribution in [0.3, 0.4) is 0 Å². The molecule has 1 N–H and O–H groups in total. The number of nitro groups is 1. The van der Waals surface area contributed by atoms with Gasteiger partial charge in [-0.05, 0) is 19.1 Å². The van der Waals surface area contributed by atoms with Crippen molar-refractivity contribution >= 4 is 29.0 Å². The van der Waals surface area contributed by atoms with Gasteiger partial charge in [0, 0.05) is 37.5 Å². The van der Waals surface area contributed by atoms with E-state index in [2.05, 4.69) is 20.4 Å². The van der Waals surface area contributed by atoms with E-state index in [1.807, 2.05) is 11.5 Å². The van der Waals surface area contributed by atoms with Gasteiger partial charge in [-0.1, -0.05) is 11.8 Å². The van der Waals surface area contributed by atoms with Gasteiger partial charge in [0.15, 0.2) is 5.16 Å². The Hall–Kier alpha value is -2.50. The van der Waals surface area contributed by atoms with Gasteiger partial charge in [-0.2, -0.15) is 0 Å². The number of rotatable bonds is 8. The molecule has 1 aliphatic rings. The third-order valence-corrected chi connectivity index (χ3v) is 5.24. The minimum Gasteiger partial charge on any atom is -0.379 e. The van der Waals surface area contributed by atoms with Crippen LogP contribution in [-0.4, -0.2) is 62.6 Å². The summed E-state index contributed by atoms with van der Waals surface area (Å²) >= 11 is 1.32. The summed E-state index contributed by atoms with van der Waals surface area (Å²) in [6.07, 6.45) is 0. The average Bonchev–Trinajstić information content (AvgIpc) is 3.09. The lowest BCUT2D eigenvalue weighted by molar-refractivity contribution is -0.384. The Kier molecular flexibility index (Phi) is 6.95. The number of amides is 1. The Labute approximate surface area is 166 Å². The van der Waals surface area contributed by atoms with E-state index in [0.29, 0.717) is 17.4 Å². The van der Waals surface area contributed by atoms with Gasteiger partial charge >= 0.3 is 0 Å². The molecule has 1 aromatic heterocycles. The second kappa shape index (κ2) is 9.62. The fourth-order valence-corrected chi connectivity index (χ4v) is 3.63. The van der Waals surface area contributed by atoms with Crippen LogP contribution in [0.4, 0.5) is 11.4 Å². The molecule has 1 aromatic carbocycles. The summed E-state index contributed by atoms with van der Waals surface area (Å²) in [5.74, 6) is 0.842. The molecule has 0 saturated carbocycles. The van der Waals surface area contributed by atoms with Crippen molar-refractivity contribution in [3.8, 4) is 0 Å². The van der Waals surface area contributed by atoms with E-state index in [-0.39, 0.29) is 17.3 Å². The van der Waals surface area contributed by atoms with Crippen molar-refractivity contribution < 1.29 is 14.5 Å². The van der Waals surface area contributed by atoms with Gasteiger partial charge in [0.25, 0.3) is 5.69 Å². The third-order valence-electron chi connectivity index (χ3n) is 4.27. The maximum atomic E-state index is 12.2. The van der Waals surface area contributed by atoms with Crippen LogP contribution in [0.1, 0.15) is 12.7 Å². The summed E-state index contributed by atoms with van der Waals surface area (Å²) in [4.78, 5) is 24.6. The fourth-order valence-electron chi connectivity index (χ4n) is 2.81. The Morgan fingerprint density at radius 1 is 1.29 bits per heavy atom. The fraction of sp³-hybridized carbons (Fsp3) is 0.471. The summed E-state index contributed by atoms with van der Waals surface area (Å²) in [7, 11) is 0. The number of morpholine rings is 1.